The first-order valence-electron chi connectivity index (χ1n) is 12.9. The number of amides is 2. The standard InChI is InChI=1S/C30H29N7O2/c1-5-6-22(38)37-16-20-23(30(20,3)4)25(37)28-35-24(26-27(31)33-13-14-36(26)28)18-7-9-19(10-8-18)29(39)34-21-15-17(2)11-12-32-21/h7-15,20,23,25H,16H2,1-4H3,(H2,31,33)(H,32,34,39)/t20?,23?,25-/m0/s1. The summed E-state index contributed by atoms with van der Waals surface area (Å²) in [7, 11) is 0. The van der Waals surface area contributed by atoms with E-state index in [1.54, 1.807) is 31.5 Å². The number of pyridine rings is 1. The van der Waals surface area contributed by atoms with Gasteiger partial charge in [-0.2, -0.15) is 0 Å². The largest absolute Gasteiger partial charge is 0.382 e. The van der Waals surface area contributed by atoms with E-state index in [9.17, 15) is 9.59 Å². The van der Waals surface area contributed by atoms with Gasteiger partial charge in [0, 0.05) is 36.3 Å². The molecule has 6 rings (SSSR count). The lowest BCUT2D eigenvalue weighted by Crippen LogP contribution is -2.35. The fourth-order valence-electron chi connectivity index (χ4n) is 6.04. The molecule has 0 spiro atoms. The number of nitrogens with two attached hydrogens (primary N) is 1. The number of likely N-dealkylation sites (tertiary alicyclic amines) is 1. The molecule has 0 bridgehead atoms. The number of hydrogen-bond donors (Lipinski definition) is 2. The first-order chi connectivity index (χ1) is 18.7. The molecule has 2 aliphatic rings. The second-order valence-electron chi connectivity index (χ2n) is 10.8. The maximum atomic E-state index is 13.0. The lowest BCUT2D eigenvalue weighted by atomic mass is 10.0. The first-order valence-corrected chi connectivity index (χ1v) is 12.9. The molecule has 2 amide bonds. The van der Waals surface area contributed by atoms with Gasteiger partial charge in [0.15, 0.2) is 0 Å². The number of carbonyl (C=O) groups is 2. The van der Waals surface area contributed by atoms with Gasteiger partial charge in [0.1, 0.15) is 28.7 Å². The number of anilines is 2. The Hall–Kier alpha value is -4.71. The van der Waals surface area contributed by atoms with Crippen LogP contribution in [0.15, 0.2) is 55.0 Å². The van der Waals surface area contributed by atoms with E-state index in [-0.39, 0.29) is 29.2 Å². The molecule has 0 radical (unpaired) electrons. The number of nitrogens with zero attached hydrogens (tertiary/aromatic N) is 5. The maximum Gasteiger partial charge on any atom is 0.299 e. The molecule has 3 atom stereocenters. The molecule has 9 heteroatoms. The van der Waals surface area contributed by atoms with Gasteiger partial charge in [0.25, 0.3) is 11.8 Å². The quantitative estimate of drug-likeness (QED) is 0.392. The van der Waals surface area contributed by atoms with Crippen molar-refractivity contribution in [3.8, 4) is 23.1 Å². The van der Waals surface area contributed by atoms with Gasteiger partial charge in [-0.05, 0) is 66.8 Å². The van der Waals surface area contributed by atoms with Crippen LogP contribution in [-0.4, -0.2) is 42.6 Å². The van der Waals surface area contributed by atoms with Crippen molar-refractivity contribution in [3.05, 3.63) is 71.9 Å². The molecule has 1 aliphatic carbocycles. The Morgan fingerprint density at radius 3 is 2.62 bits per heavy atom. The molecule has 3 N–H and O–H groups in total. The highest BCUT2D eigenvalue weighted by atomic mass is 16.2. The summed E-state index contributed by atoms with van der Waals surface area (Å²) in [4.78, 5) is 41.2. The Bertz CT molecular complexity index is 1690. The zero-order chi connectivity index (χ0) is 27.5. The van der Waals surface area contributed by atoms with Crippen LogP contribution in [0.5, 0.6) is 0 Å². The van der Waals surface area contributed by atoms with Crippen LogP contribution < -0.4 is 11.1 Å². The number of rotatable bonds is 4. The molecule has 1 saturated carbocycles. The Labute approximate surface area is 226 Å². The zero-order valence-electron chi connectivity index (χ0n) is 22.3. The van der Waals surface area contributed by atoms with E-state index in [0.717, 1.165) is 17.0 Å². The van der Waals surface area contributed by atoms with Crippen LogP contribution in [-0.2, 0) is 4.79 Å². The zero-order valence-corrected chi connectivity index (χ0v) is 22.3. The Balaban J connectivity index is 1.38. The van der Waals surface area contributed by atoms with E-state index >= 15 is 0 Å². The van der Waals surface area contributed by atoms with Gasteiger partial charge < -0.3 is 16.0 Å². The van der Waals surface area contributed by atoms with E-state index in [0.29, 0.717) is 40.9 Å². The summed E-state index contributed by atoms with van der Waals surface area (Å²) in [5, 5.41) is 2.83. The summed E-state index contributed by atoms with van der Waals surface area (Å²) in [5.74, 6) is 7.25. The molecular weight excluding hydrogens is 490 g/mol. The molecule has 2 fully saturated rings. The van der Waals surface area contributed by atoms with Crippen LogP contribution in [0.3, 0.4) is 0 Å². The van der Waals surface area contributed by atoms with E-state index in [1.807, 2.05) is 46.7 Å². The van der Waals surface area contributed by atoms with Crippen molar-refractivity contribution in [3.63, 3.8) is 0 Å². The number of aryl methyl sites for hydroxylation is 1. The van der Waals surface area contributed by atoms with Gasteiger partial charge in [-0.3, -0.25) is 14.0 Å². The summed E-state index contributed by atoms with van der Waals surface area (Å²) in [5.41, 5.74) is 10.1. The number of nitrogen functional groups attached to an aromatic ring is 1. The van der Waals surface area contributed by atoms with Gasteiger partial charge in [-0.1, -0.05) is 31.9 Å². The topological polar surface area (TPSA) is 119 Å². The van der Waals surface area contributed by atoms with Crippen molar-refractivity contribution < 1.29 is 9.59 Å². The van der Waals surface area contributed by atoms with Gasteiger partial charge in [0.05, 0.1) is 6.04 Å². The summed E-state index contributed by atoms with van der Waals surface area (Å²) >= 11 is 0. The number of benzene rings is 1. The van der Waals surface area contributed by atoms with Gasteiger partial charge >= 0.3 is 0 Å². The van der Waals surface area contributed by atoms with Crippen molar-refractivity contribution >= 4 is 29.0 Å². The Morgan fingerprint density at radius 1 is 1.13 bits per heavy atom. The summed E-state index contributed by atoms with van der Waals surface area (Å²) in [6.07, 6.45) is 5.14. The minimum Gasteiger partial charge on any atom is -0.382 e. The third kappa shape index (κ3) is 4.00. The lowest BCUT2D eigenvalue weighted by molar-refractivity contribution is -0.127. The smallest absolute Gasteiger partial charge is 0.299 e. The van der Waals surface area contributed by atoms with Gasteiger partial charge in [-0.15, -0.1) is 0 Å². The minimum atomic E-state index is -0.254. The number of piperidine rings is 1. The molecule has 39 heavy (non-hydrogen) atoms. The predicted octanol–water partition coefficient (Wildman–Crippen LogP) is 4.11. The van der Waals surface area contributed by atoms with Crippen LogP contribution in [0.1, 0.15) is 48.6 Å². The number of imidazole rings is 1. The van der Waals surface area contributed by atoms with Crippen molar-refractivity contribution in [2.24, 2.45) is 17.3 Å². The average Bonchev–Trinajstić information content (AvgIpc) is 3.23. The Kier molecular flexibility index (Phi) is 5.65. The normalized spacial score (nSPS) is 20.7. The molecule has 4 heterocycles. The van der Waals surface area contributed by atoms with Crippen molar-refractivity contribution in [1.82, 2.24) is 24.3 Å². The average molecular weight is 520 g/mol. The van der Waals surface area contributed by atoms with Crippen LogP contribution in [0.4, 0.5) is 11.6 Å². The number of aromatic nitrogens is 4. The highest BCUT2D eigenvalue weighted by Crippen LogP contribution is 2.69. The summed E-state index contributed by atoms with van der Waals surface area (Å²) < 4.78 is 1.95. The molecule has 1 saturated heterocycles. The maximum absolute atomic E-state index is 13.0. The van der Waals surface area contributed by atoms with Crippen molar-refractivity contribution in [2.45, 2.75) is 33.7 Å². The van der Waals surface area contributed by atoms with E-state index < -0.39 is 0 Å². The summed E-state index contributed by atoms with van der Waals surface area (Å²) in [6, 6.07) is 10.7. The van der Waals surface area contributed by atoms with E-state index in [1.165, 1.54) is 0 Å². The number of hydrogen-bond acceptors (Lipinski definition) is 6. The predicted molar refractivity (Wildman–Crippen MR) is 148 cm³/mol. The fourth-order valence-corrected chi connectivity index (χ4v) is 6.04. The molecule has 1 aliphatic heterocycles. The molecule has 1 aromatic carbocycles. The van der Waals surface area contributed by atoms with Crippen molar-refractivity contribution in [2.75, 3.05) is 17.6 Å². The number of fused-ring (bicyclic) bond motifs is 2. The third-order valence-electron chi connectivity index (χ3n) is 8.15. The molecule has 9 nitrogen and oxygen atoms in total. The first kappa shape index (κ1) is 24.6. The Morgan fingerprint density at radius 2 is 1.90 bits per heavy atom. The highest BCUT2D eigenvalue weighted by Gasteiger charge is 2.68. The lowest BCUT2D eigenvalue weighted by Gasteiger charge is -2.28. The molecular formula is C30H29N7O2. The molecule has 4 aromatic rings. The third-order valence-corrected chi connectivity index (χ3v) is 8.15. The highest BCUT2D eigenvalue weighted by molar-refractivity contribution is 6.04. The second-order valence-corrected chi connectivity index (χ2v) is 10.8. The molecule has 3 aromatic heterocycles. The van der Waals surface area contributed by atoms with Crippen LogP contribution in [0.2, 0.25) is 0 Å². The summed E-state index contributed by atoms with van der Waals surface area (Å²) in [6.45, 7) is 8.75. The van der Waals surface area contributed by atoms with Crippen molar-refractivity contribution in [1.29, 1.82) is 0 Å². The van der Waals surface area contributed by atoms with E-state index in [2.05, 4.69) is 41.0 Å². The SMILES string of the molecule is CC#CC(=O)N1CC2C([C@H]1c1nc(-c3ccc(C(=O)Nc4cc(C)ccn4)cc3)c3c(N)nccn13)C2(C)C. The van der Waals surface area contributed by atoms with Crippen LogP contribution in [0, 0.1) is 36.0 Å². The fraction of sp³-hybridized carbons (Fsp3) is 0.300. The van der Waals surface area contributed by atoms with Crippen LogP contribution >= 0.6 is 0 Å². The van der Waals surface area contributed by atoms with Crippen LogP contribution in [0.25, 0.3) is 16.8 Å². The van der Waals surface area contributed by atoms with E-state index in [4.69, 9.17) is 10.7 Å². The van der Waals surface area contributed by atoms with Gasteiger partial charge in [0.2, 0.25) is 0 Å². The van der Waals surface area contributed by atoms with Gasteiger partial charge in [-0.25, -0.2) is 15.0 Å². The number of carbonyl (C=O) groups excluding carboxylic acids is 2. The number of nitrogens with one attached hydrogen (secondary N) is 1. The second kappa shape index (κ2) is 8.95. The monoisotopic (exact) mass is 519 g/mol. The molecule has 196 valence electrons. The molecule has 2 unspecified atom stereocenters. The minimum absolute atomic E-state index is 0.104.